The van der Waals surface area contributed by atoms with E-state index in [0.717, 1.165) is 5.56 Å². The minimum absolute atomic E-state index is 0.230. The van der Waals surface area contributed by atoms with Crippen LogP contribution in [0.1, 0.15) is 53.5 Å². The van der Waals surface area contributed by atoms with Gasteiger partial charge in [0.15, 0.2) is 0 Å². The summed E-state index contributed by atoms with van der Waals surface area (Å²) in [5.74, 6) is 0. The Morgan fingerprint density at radius 2 is 0.846 bits per heavy atom. The maximum absolute atomic E-state index is 14.7. The number of sulfonamides is 1. The highest BCUT2D eigenvalue weighted by molar-refractivity contribution is 7.89. The highest BCUT2D eigenvalue weighted by Gasteiger charge is 2.55. The zero-order valence-corrected chi connectivity index (χ0v) is 34.4. The van der Waals surface area contributed by atoms with Gasteiger partial charge in [-0.2, -0.15) is 4.31 Å². The molecule has 1 heterocycles. The van der Waals surface area contributed by atoms with Crippen LogP contribution in [0.15, 0.2) is 150 Å². The predicted molar refractivity (Wildman–Crippen MR) is 220 cm³/mol. The third kappa shape index (κ3) is 7.05. The van der Waals surface area contributed by atoms with E-state index in [2.05, 4.69) is 139 Å². The van der Waals surface area contributed by atoms with Crippen molar-refractivity contribution >= 4 is 47.4 Å². The van der Waals surface area contributed by atoms with Crippen molar-refractivity contribution < 1.29 is 17.3 Å². The van der Waals surface area contributed by atoms with Crippen molar-refractivity contribution in [2.24, 2.45) is 0 Å². The van der Waals surface area contributed by atoms with Crippen LogP contribution in [0, 0.1) is 6.92 Å². The molecule has 52 heavy (non-hydrogen) atoms. The normalized spacial score (nSPS) is 17.4. The van der Waals surface area contributed by atoms with Crippen molar-refractivity contribution in [1.82, 2.24) is 4.31 Å². The lowest BCUT2D eigenvalue weighted by atomic mass is 9.98. The molecule has 1 aliphatic heterocycles. The van der Waals surface area contributed by atoms with Crippen molar-refractivity contribution in [2.75, 3.05) is 13.2 Å². The first-order chi connectivity index (χ1) is 24.7. The lowest BCUT2D eigenvalue weighted by molar-refractivity contribution is 0.0332. The Bertz CT molecular complexity index is 1820. The highest BCUT2D eigenvalue weighted by Crippen LogP contribution is 2.41. The summed E-state index contributed by atoms with van der Waals surface area (Å²) in [5, 5.41) is 4.23. The molecule has 5 aromatic carbocycles. The molecule has 0 unspecified atom stereocenters. The molecule has 1 aliphatic rings. The van der Waals surface area contributed by atoms with Gasteiger partial charge in [-0.05, 0) is 56.3 Å². The zero-order chi connectivity index (χ0) is 37.2. The molecule has 0 spiro atoms. The van der Waals surface area contributed by atoms with Gasteiger partial charge in [0.2, 0.25) is 10.0 Å². The molecule has 2 atom stereocenters. The highest BCUT2D eigenvalue weighted by atomic mass is 32.2. The van der Waals surface area contributed by atoms with Crippen LogP contribution in [0.2, 0.25) is 10.1 Å². The first-order valence-electron chi connectivity index (χ1n) is 18.3. The van der Waals surface area contributed by atoms with Gasteiger partial charge >= 0.3 is 0 Å². The monoisotopic (exact) mass is 747 g/mol. The summed E-state index contributed by atoms with van der Waals surface area (Å²) < 4.78 is 45.8. The summed E-state index contributed by atoms with van der Waals surface area (Å²) in [6.07, 6.45) is 0.640. The summed E-state index contributed by atoms with van der Waals surface area (Å²) in [6, 6.07) is 48.6. The molecule has 0 saturated carbocycles. The van der Waals surface area contributed by atoms with Crippen LogP contribution in [0.5, 0.6) is 0 Å². The van der Waals surface area contributed by atoms with Crippen LogP contribution in [-0.4, -0.2) is 54.7 Å². The second kappa shape index (κ2) is 15.0. The van der Waals surface area contributed by atoms with Gasteiger partial charge < -0.3 is 8.85 Å². The van der Waals surface area contributed by atoms with Crippen LogP contribution in [-0.2, 0) is 18.9 Å². The molecular formula is C44H53NO4SSi2. The lowest BCUT2D eigenvalue weighted by Gasteiger charge is -2.51. The predicted octanol–water partition coefficient (Wildman–Crippen LogP) is 7.28. The van der Waals surface area contributed by atoms with Gasteiger partial charge in [-0.15, -0.1) is 0 Å². The number of hydrogen-bond donors (Lipinski definition) is 0. The lowest BCUT2D eigenvalue weighted by Crippen LogP contribution is -2.70. The molecule has 1 saturated heterocycles. The minimum atomic E-state index is -3.88. The maximum Gasteiger partial charge on any atom is 0.261 e. The summed E-state index contributed by atoms with van der Waals surface area (Å²) >= 11 is 0. The van der Waals surface area contributed by atoms with E-state index in [4.69, 9.17) is 8.85 Å². The fourth-order valence-electron chi connectivity index (χ4n) is 8.16. The third-order valence-electron chi connectivity index (χ3n) is 10.7. The molecule has 272 valence electrons. The topological polar surface area (TPSA) is 55.8 Å². The Kier molecular flexibility index (Phi) is 11.0. The van der Waals surface area contributed by atoms with E-state index in [1.807, 2.05) is 43.3 Å². The van der Waals surface area contributed by atoms with E-state index in [1.165, 1.54) is 20.7 Å². The summed E-state index contributed by atoms with van der Waals surface area (Å²) in [5.41, 5.74) is 1.01. The SMILES string of the molecule is Cc1ccc(S(=O)(=O)N2[C@@H](CO[Si](c3ccccc3)(c3ccccc3)C(C)(C)C)C[C@@H]2CO[Si](c2ccccc2)(c2ccccc2)C(C)(C)C)cc1. The second-order valence-corrected chi connectivity index (χ2v) is 26.6. The Morgan fingerprint density at radius 3 is 1.13 bits per heavy atom. The van der Waals surface area contributed by atoms with Crippen molar-refractivity contribution in [3.8, 4) is 0 Å². The van der Waals surface area contributed by atoms with Gasteiger partial charge in [-0.3, -0.25) is 0 Å². The molecule has 0 radical (unpaired) electrons. The average molecular weight is 748 g/mol. The molecule has 6 rings (SSSR count). The molecule has 1 fully saturated rings. The molecule has 0 bridgehead atoms. The minimum Gasteiger partial charge on any atom is -0.406 e. The van der Waals surface area contributed by atoms with Gasteiger partial charge in [0.25, 0.3) is 16.6 Å². The van der Waals surface area contributed by atoms with Crippen LogP contribution in [0.4, 0.5) is 0 Å². The second-order valence-electron chi connectivity index (χ2n) is 16.1. The average Bonchev–Trinajstić information content (AvgIpc) is 3.11. The first-order valence-corrected chi connectivity index (χ1v) is 23.6. The van der Waals surface area contributed by atoms with Gasteiger partial charge in [-0.25, -0.2) is 8.42 Å². The molecular weight excluding hydrogens is 695 g/mol. The number of rotatable bonds is 12. The van der Waals surface area contributed by atoms with Gasteiger partial charge in [0.1, 0.15) is 0 Å². The number of nitrogens with zero attached hydrogens (tertiary/aromatic N) is 1. The standard InChI is InChI=1S/C44H53NO4SSi2/c1-35-28-30-38(31-29-35)50(46,47)45-36(33-48-51(43(2,3)4,39-20-12-8-13-21-39)40-22-14-9-15-23-40)32-37(45)34-49-52(44(5,6)7,41-24-16-10-17-25-41)42-26-18-11-19-27-42/h8-31,36-37H,32-34H2,1-7H3/t36-,37-/m1/s1. The summed E-state index contributed by atoms with van der Waals surface area (Å²) in [6.45, 7) is 16.1. The maximum atomic E-state index is 14.7. The fraction of sp³-hybridized carbons (Fsp3) is 0.318. The van der Waals surface area contributed by atoms with E-state index in [-0.39, 0.29) is 35.4 Å². The third-order valence-corrected chi connectivity index (χ3v) is 22.7. The van der Waals surface area contributed by atoms with Gasteiger partial charge in [0, 0.05) is 12.1 Å². The molecule has 0 aromatic heterocycles. The fourth-order valence-corrected chi connectivity index (χ4v) is 19.2. The number of benzene rings is 5. The number of hydrogen-bond acceptors (Lipinski definition) is 4. The Balaban J connectivity index is 1.39. The quantitative estimate of drug-likeness (QED) is 0.126. The molecule has 5 aromatic rings. The van der Waals surface area contributed by atoms with Crippen molar-refractivity contribution in [2.45, 2.75) is 81.9 Å². The Morgan fingerprint density at radius 1 is 0.538 bits per heavy atom. The summed E-state index contributed by atoms with van der Waals surface area (Å²) in [7, 11) is -9.68. The van der Waals surface area contributed by atoms with E-state index < -0.39 is 26.7 Å². The van der Waals surface area contributed by atoms with E-state index in [1.54, 1.807) is 16.4 Å². The Hall–Kier alpha value is -3.64. The Labute approximate surface area is 314 Å². The summed E-state index contributed by atoms with van der Waals surface area (Å²) in [4.78, 5) is 0.295. The zero-order valence-electron chi connectivity index (χ0n) is 31.6. The van der Waals surface area contributed by atoms with Crippen LogP contribution in [0.25, 0.3) is 0 Å². The van der Waals surface area contributed by atoms with Crippen LogP contribution >= 0.6 is 0 Å². The van der Waals surface area contributed by atoms with Crippen LogP contribution < -0.4 is 20.7 Å². The van der Waals surface area contributed by atoms with Gasteiger partial charge in [0.05, 0.1) is 18.1 Å². The van der Waals surface area contributed by atoms with E-state index in [9.17, 15) is 8.42 Å². The van der Waals surface area contributed by atoms with Crippen molar-refractivity contribution in [1.29, 1.82) is 0 Å². The molecule has 5 nitrogen and oxygen atoms in total. The van der Waals surface area contributed by atoms with Crippen LogP contribution in [0.3, 0.4) is 0 Å². The smallest absolute Gasteiger partial charge is 0.261 e. The van der Waals surface area contributed by atoms with Gasteiger partial charge in [-0.1, -0.05) is 181 Å². The number of aryl methyl sites for hydroxylation is 1. The van der Waals surface area contributed by atoms with E-state index >= 15 is 0 Å². The molecule has 8 heteroatoms. The first kappa shape index (κ1) is 38.1. The molecule has 0 aliphatic carbocycles. The molecule has 0 N–H and O–H groups in total. The molecule has 0 amide bonds. The van der Waals surface area contributed by atoms with Crippen molar-refractivity contribution in [3.63, 3.8) is 0 Å². The van der Waals surface area contributed by atoms with E-state index in [0.29, 0.717) is 11.3 Å². The van der Waals surface area contributed by atoms with Crippen molar-refractivity contribution in [3.05, 3.63) is 151 Å². The largest absolute Gasteiger partial charge is 0.406 e.